The third-order valence-corrected chi connectivity index (χ3v) is 7.00. The van der Waals surface area contributed by atoms with Crippen LogP contribution in [0, 0.1) is 5.92 Å². The maximum Gasteiger partial charge on any atom is 0.243 e. The molecule has 1 saturated heterocycles. The van der Waals surface area contributed by atoms with E-state index in [4.69, 9.17) is 10.5 Å². The lowest BCUT2D eigenvalue weighted by molar-refractivity contribution is -0.122. The van der Waals surface area contributed by atoms with E-state index in [0.717, 1.165) is 30.6 Å². The first-order chi connectivity index (χ1) is 12.8. The Kier molecular flexibility index (Phi) is 7.68. The van der Waals surface area contributed by atoms with Gasteiger partial charge >= 0.3 is 0 Å². The van der Waals surface area contributed by atoms with E-state index in [2.05, 4.69) is 6.92 Å². The molecule has 1 aromatic rings. The molecule has 0 aromatic heterocycles. The molecule has 1 aliphatic heterocycles. The minimum Gasteiger partial charge on any atom is -0.493 e. The first-order valence-electron chi connectivity index (χ1n) is 9.83. The average Bonchev–Trinajstić information content (AvgIpc) is 2.65. The lowest BCUT2D eigenvalue weighted by Gasteiger charge is -2.30. The van der Waals surface area contributed by atoms with Crippen LogP contribution in [0.25, 0.3) is 0 Å². The molecule has 6 nitrogen and oxygen atoms in total. The Labute approximate surface area is 163 Å². The van der Waals surface area contributed by atoms with E-state index in [1.807, 2.05) is 13.8 Å². The molecule has 2 rings (SSSR count). The minimum absolute atomic E-state index is 0.155. The van der Waals surface area contributed by atoms with E-state index in [0.29, 0.717) is 32.5 Å². The van der Waals surface area contributed by atoms with Gasteiger partial charge in [0, 0.05) is 19.0 Å². The third-order valence-electron chi connectivity index (χ3n) is 5.10. The third kappa shape index (κ3) is 5.45. The molecule has 27 heavy (non-hydrogen) atoms. The van der Waals surface area contributed by atoms with Crippen LogP contribution in [0.1, 0.15) is 64.4 Å². The number of nitrogens with two attached hydrogens (primary N) is 1. The summed E-state index contributed by atoms with van der Waals surface area (Å²) in [6.07, 6.45) is 4.19. The predicted molar refractivity (Wildman–Crippen MR) is 106 cm³/mol. The van der Waals surface area contributed by atoms with Crippen LogP contribution in [0.4, 0.5) is 0 Å². The number of primary amides is 1. The fraction of sp³-hybridized carbons (Fsp3) is 0.650. The molecule has 0 saturated carbocycles. The van der Waals surface area contributed by atoms with Gasteiger partial charge in [0.15, 0.2) is 0 Å². The maximum atomic E-state index is 13.0. The fourth-order valence-corrected chi connectivity index (χ4v) is 4.84. The van der Waals surface area contributed by atoms with Gasteiger partial charge in [-0.25, -0.2) is 8.42 Å². The lowest BCUT2D eigenvalue weighted by Crippen LogP contribution is -2.41. The van der Waals surface area contributed by atoms with Gasteiger partial charge in [0.1, 0.15) is 5.75 Å². The highest BCUT2D eigenvalue weighted by Gasteiger charge is 2.31. The number of carbonyl (C=O) groups excluding carboxylic acids is 1. The zero-order chi connectivity index (χ0) is 20.0. The summed E-state index contributed by atoms with van der Waals surface area (Å²) in [5.74, 6) is 0.328. The summed E-state index contributed by atoms with van der Waals surface area (Å²) in [5, 5.41) is 0. The molecule has 0 unspecified atom stereocenters. The second-order valence-electron chi connectivity index (χ2n) is 7.49. The fourth-order valence-electron chi connectivity index (χ4n) is 3.33. The lowest BCUT2D eigenvalue weighted by atomic mass is 9.98. The molecule has 2 N–H and O–H groups in total. The quantitative estimate of drug-likeness (QED) is 0.649. The molecule has 1 aromatic carbocycles. The summed E-state index contributed by atoms with van der Waals surface area (Å²) in [6.45, 7) is 7.49. The van der Waals surface area contributed by atoms with Crippen LogP contribution in [-0.2, 0) is 14.8 Å². The molecule has 0 radical (unpaired) electrons. The largest absolute Gasteiger partial charge is 0.493 e. The highest BCUT2D eigenvalue weighted by atomic mass is 32.2. The Morgan fingerprint density at radius 2 is 1.93 bits per heavy atom. The van der Waals surface area contributed by atoms with Crippen LogP contribution < -0.4 is 10.5 Å². The highest BCUT2D eigenvalue weighted by Crippen LogP contribution is 2.31. The van der Waals surface area contributed by atoms with Crippen LogP contribution in [0.5, 0.6) is 5.75 Å². The molecular weight excluding hydrogens is 364 g/mol. The number of unbranched alkanes of at least 4 members (excludes halogenated alkanes) is 2. The van der Waals surface area contributed by atoms with Crippen molar-refractivity contribution in [1.29, 1.82) is 0 Å². The number of benzene rings is 1. The van der Waals surface area contributed by atoms with Crippen molar-refractivity contribution >= 4 is 15.9 Å². The zero-order valence-electron chi connectivity index (χ0n) is 16.6. The van der Waals surface area contributed by atoms with Crippen LogP contribution in [0.3, 0.4) is 0 Å². The number of amides is 1. The number of ether oxygens (including phenoxy) is 1. The topological polar surface area (TPSA) is 89.7 Å². The Hall–Kier alpha value is -1.60. The normalized spacial score (nSPS) is 16.6. The number of hydrogen-bond donors (Lipinski definition) is 1. The Balaban J connectivity index is 2.17. The smallest absolute Gasteiger partial charge is 0.243 e. The molecule has 0 spiro atoms. The second kappa shape index (κ2) is 9.55. The van der Waals surface area contributed by atoms with E-state index in [-0.39, 0.29) is 22.6 Å². The van der Waals surface area contributed by atoms with E-state index in [1.54, 1.807) is 18.2 Å². The summed E-state index contributed by atoms with van der Waals surface area (Å²) in [5.41, 5.74) is 6.24. The van der Waals surface area contributed by atoms with E-state index in [9.17, 15) is 13.2 Å². The Morgan fingerprint density at radius 1 is 1.26 bits per heavy atom. The van der Waals surface area contributed by atoms with Crippen molar-refractivity contribution < 1.29 is 17.9 Å². The van der Waals surface area contributed by atoms with Gasteiger partial charge in [-0.1, -0.05) is 33.6 Å². The van der Waals surface area contributed by atoms with E-state index >= 15 is 0 Å². The van der Waals surface area contributed by atoms with Crippen molar-refractivity contribution in [3.8, 4) is 5.75 Å². The molecule has 1 heterocycles. The van der Waals surface area contributed by atoms with Crippen molar-refractivity contribution in [3.05, 3.63) is 23.8 Å². The number of piperidine rings is 1. The number of carbonyl (C=O) groups is 1. The molecule has 1 aliphatic rings. The molecule has 152 valence electrons. The van der Waals surface area contributed by atoms with Crippen molar-refractivity contribution in [1.82, 2.24) is 4.31 Å². The SMILES string of the molecule is CCCCCOc1ccc(S(=O)(=O)N2CCC(C(N)=O)CC2)cc1C(C)C. The molecule has 0 aliphatic carbocycles. The van der Waals surface area contributed by atoms with Gasteiger partial charge < -0.3 is 10.5 Å². The maximum absolute atomic E-state index is 13.0. The Bertz CT molecular complexity index is 738. The molecule has 0 bridgehead atoms. The van der Waals surface area contributed by atoms with Crippen molar-refractivity contribution in [2.24, 2.45) is 11.7 Å². The summed E-state index contributed by atoms with van der Waals surface area (Å²) in [6, 6.07) is 5.12. The minimum atomic E-state index is -3.59. The van der Waals surface area contributed by atoms with Gasteiger partial charge in [0.05, 0.1) is 11.5 Å². The first kappa shape index (κ1) is 21.7. The zero-order valence-corrected chi connectivity index (χ0v) is 17.4. The van der Waals surface area contributed by atoms with Crippen LogP contribution in [0.15, 0.2) is 23.1 Å². The van der Waals surface area contributed by atoms with Gasteiger partial charge in [0.25, 0.3) is 0 Å². The van der Waals surface area contributed by atoms with Crippen molar-refractivity contribution in [2.45, 2.75) is 63.7 Å². The van der Waals surface area contributed by atoms with Crippen molar-refractivity contribution in [2.75, 3.05) is 19.7 Å². The molecule has 1 fully saturated rings. The molecule has 1 amide bonds. The van der Waals surface area contributed by atoms with Gasteiger partial charge in [-0.2, -0.15) is 4.31 Å². The van der Waals surface area contributed by atoms with Crippen LogP contribution in [-0.4, -0.2) is 38.3 Å². The number of sulfonamides is 1. The molecular formula is C20H32N2O4S. The van der Waals surface area contributed by atoms with Gasteiger partial charge in [-0.3, -0.25) is 4.79 Å². The standard InChI is InChI=1S/C20H32N2O4S/c1-4-5-6-13-26-19-8-7-17(14-18(19)15(2)3)27(24,25)22-11-9-16(10-12-22)20(21)23/h7-8,14-16H,4-6,9-13H2,1-3H3,(H2,21,23). The number of hydrogen-bond acceptors (Lipinski definition) is 4. The first-order valence-corrected chi connectivity index (χ1v) is 11.3. The van der Waals surface area contributed by atoms with Gasteiger partial charge in [0.2, 0.25) is 15.9 Å². The summed E-state index contributed by atoms with van der Waals surface area (Å²) in [7, 11) is -3.59. The monoisotopic (exact) mass is 396 g/mol. The summed E-state index contributed by atoms with van der Waals surface area (Å²) >= 11 is 0. The van der Waals surface area contributed by atoms with Gasteiger partial charge in [-0.15, -0.1) is 0 Å². The van der Waals surface area contributed by atoms with Gasteiger partial charge in [-0.05, 0) is 48.9 Å². The Morgan fingerprint density at radius 3 is 2.48 bits per heavy atom. The number of rotatable bonds is 9. The molecule has 7 heteroatoms. The average molecular weight is 397 g/mol. The van der Waals surface area contributed by atoms with E-state index in [1.165, 1.54) is 4.31 Å². The number of nitrogens with zero attached hydrogens (tertiary/aromatic N) is 1. The second-order valence-corrected chi connectivity index (χ2v) is 9.43. The molecule has 0 atom stereocenters. The van der Waals surface area contributed by atoms with E-state index < -0.39 is 10.0 Å². The van der Waals surface area contributed by atoms with Crippen molar-refractivity contribution in [3.63, 3.8) is 0 Å². The summed E-state index contributed by atoms with van der Waals surface area (Å²) < 4.78 is 33.4. The van der Waals surface area contributed by atoms with Crippen LogP contribution >= 0.6 is 0 Å². The summed E-state index contributed by atoms with van der Waals surface area (Å²) in [4.78, 5) is 11.6. The highest BCUT2D eigenvalue weighted by molar-refractivity contribution is 7.89. The predicted octanol–water partition coefficient (Wildman–Crippen LogP) is 3.27. The van der Waals surface area contributed by atoms with Crippen LogP contribution in [0.2, 0.25) is 0 Å².